The van der Waals surface area contributed by atoms with Gasteiger partial charge in [-0.1, -0.05) is 59.7 Å². The van der Waals surface area contributed by atoms with E-state index < -0.39 is 0 Å². The zero-order valence-electron chi connectivity index (χ0n) is 18.8. The number of benzene rings is 2. The normalized spacial score (nSPS) is 15.9. The van der Waals surface area contributed by atoms with E-state index in [2.05, 4.69) is 58.2 Å². The second-order valence-electron chi connectivity index (χ2n) is 9.73. The van der Waals surface area contributed by atoms with E-state index in [1.54, 1.807) is 30.3 Å². The summed E-state index contributed by atoms with van der Waals surface area (Å²) in [4.78, 5) is 36.3. The van der Waals surface area contributed by atoms with Gasteiger partial charge in [-0.2, -0.15) is 0 Å². The van der Waals surface area contributed by atoms with E-state index in [1.807, 2.05) is 12.1 Å². The second kappa shape index (κ2) is 8.35. The third kappa shape index (κ3) is 5.64. The first-order chi connectivity index (χ1) is 14.3. The van der Waals surface area contributed by atoms with Crippen molar-refractivity contribution in [3.05, 3.63) is 69.6 Å². The molecule has 2 aromatic rings. The van der Waals surface area contributed by atoms with Crippen LogP contribution in [0.4, 0.5) is 10.5 Å². The SMILES string of the molecule is CC(C)(C)c1cc(C(=O)Nc2ccc(/C=C3\SC(=O)NC3=O)cc2)cc(C(C)(C)C)c1. The molecular weight excluding hydrogens is 408 g/mol. The first-order valence-corrected chi connectivity index (χ1v) is 11.0. The number of imide groups is 1. The molecule has 1 aliphatic heterocycles. The van der Waals surface area contributed by atoms with Crippen LogP contribution in [0.3, 0.4) is 0 Å². The van der Waals surface area contributed by atoms with E-state index in [0.29, 0.717) is 16.2 Å². The molecule has 6 heteroatoms. The van der Waals surface area contributed by atoms with Crippen molar-refractivity contribution >= 4 is 40.6 Å². The monoisotopic (exact) mass is 436 g/mol. The lowest BCUT2D eigenvalue weighted by Crippen LogP contribution is -2.20. The minimum Gasteiger partial charge on any atom is -0.322 e. The molecule has 162 valence electrons. The maximum atomic E-state index is 13.0. The number of carbonyl (C=O) groups excluding carboxylic acids is 3. The van der Waals surface area contributed by atoms with Gasteiger partial charge in [-0.3, -0.25) is 19.7 Å². The average molecular weight is 437 g/mol. The number of nitrogens with one attached hydrogen (secondary N) is 2. The first-order valence-electron chi connectivity index (χ1n) is 10.2. The maximum Gasteiger partial charge on any atom is 0.290 e. The lowest BCUT2D eigenvalue weighted by Gasteiger charge is -2.26. The van der Waals surface area contributed by atoms with E-state index >= 15 is 0 Å². The van der Waals surface area contributed by atoms with Crippen LogP contribution < -0.4 is 10.6 Å². The Balaban J connectivity index is 1.82. The van der Waals surface area contributed by atoms with Crippen molar-refractivity contribution in [2.75, 3.05) is 5.32 Å². The van der Waals surface area contributed by atoms with Gasteiger partial charge in [-0.25, -0.2) is 0 Å². The molecule has 0 aromatic heterocycles. The van der Waals surface area contributed by atoms with Gasteiger partial charge in [0.2, 0.25) is 0 Å². The van der Waals surface area contributed by atoms with Gasteiger partial charge in [0, 0.05) is 11.3 Å². The third-order valence-electron chi connectivity index (χ3n) is 5.04. The maximum absolute atomic E-state index is 13.0. The molecule has 1 saturated heterocycles. The molecule has 0 radical (unpaired) electrons. The highest BCUT2D eigenvalue weighted by molar-refractivity contribution is 8.18. The molecule has 0 bridgehead atoms. The molecule has 31 heavy (non-hydrogen) atoms. The van der Waals surface area contributed by atoms with Crippen molar-refractivity contribution in [1.82, 2.24) is 5.32 Å². The average Bonchev–Trinajstić information content (AvgIpc) is 2.98. The molecular formula is C25H28N2O3S. The summed E-state index contributed by atoms with van der Waals surface area (Å²) in [5.74, 6) is -0.556. The van der Waals surface area contributed by atoms with Gasteiger partial charge in [0.05, 0.1) is 4.91 Å². The molecule has 0 atom stereocenters. The van der Waals surface area contributed by atoms with Crippen molar-refractivity contribution < 1.29 is 14.4 Å². The lowest BCUT2D eigenvalue weighted by molar-refractivity contribution is -0.115. The van der Waals surface area contributed by atoms with Crippen LogP contribution in [0.15, 0.2) is 47.4 Å². The van der Waals surface area contributed by atoms with Crippen molar-refractivity contribution in [1.29, 1.82) is 0 Å². The van der Waals surface area contributed by atoms with Gasteiger partial charge in [0.1, 0.15) is 0 Å². The second-order valence-corrected chi connectivity index (χ2v) is 10.7. The summed E-state index contributed by atoms with van der Waals surface area (Å²) in [7, 11) is 0. The molecule has 5 nitrogen and oxygen atoms in total. The predicted molar refractivity (Wildman–Crippen MR) is 127 cm³/mol. The van der Waals surface area contributed by atoms with Crippen LogP contribution in [-0.2, 0) is 15.6 Å². The molecule has 0 spiro atoms. The van der Waals surface area contributed by atoms with Crippen molar-refractivity contribution in [3.8, 4) is 0 Å². The van der Waals surface area contributed by atoms with Gasteiger partial charge in [-0.15, -0.1) is 0 Å². The summed E-state index contributed by atoms with van der Waals surface area (Å²) < 4.78 is 0. The Hall–Kier alpha value is -2.86. The highest BCUT2D eigenvalue weighted by Gasteiger charge is 2.25. The van der Waals surface area contributed by atoms with E-state index in [1.165, 1.54) is 0 Å². The highest BCUT2D eigenvalue weighted by atomic mass is 32.2. The Morgan fingerprint density at radius 3 is 1.90 bits per heavy atom. The fourth-order valence-electron chi connectivity index (χ4n) is 3.06. The van der Waals surface area contributed by atoms with Gasteiger partial charge in [0.15, 0.2) is 0 Å². The Bertz CT molecular complexity index is 1040. The molecule has 0 saturated carbocycles. The van der Waals surface area contributed by atoms with Crippen LogP contribution in [0.2, 0.25) is 0 Å². The molecule has 1 aliphatic rings. The number of carbonyl (C=O) groups is 3. The van der Waals surface area contributed by atoms with E-state index in [4.69, 9.17) is 0 Å². The fraction of sp³-hybridized carbons (Fsp3) is 0.320. The van der Waals surface area contributed by atoms with Crippen molar-refractivity contribution in [3.63, 3.8) is 0 Å². The Labute approximate surface area is 187 Å². The summed E-state index contributed by atoms with van der Waals surface area (Å²) >= 11 is 0.879. The number of hydrogen-bond acceptors (Lipinski definition) is 4. The largest absolute Gasteiger partial charge is 0.322 e. The highest BCUT2D eigenvalue weighted by Crippen LogP contribution is 2.31. The summed E-state index contributed by atoms with van der Waals surface area (Å²) in [6, 6.07) is 13.2. The van der Waals surface area contributed by atoms with Crippen LogP contribution in [0.5, 0.6) is 0 Å². The zero-order valence-corrected chi connectivity index (χ0v) is 19.6. The quantitative estimate of drug-likeness (QED) is 0.591. The fourth-order valence-corrected chi connectivity index (χ4v) is 3.75. The molecule has 3 amide bonds. The Morgan fingerprint density at radius 2 is 1.45 bits per heavy atom. The number of hydrogen-bond donors (Lipinski definition) is 2. The Kier molecular flexibility index (Phi) is 6.14. The van der Waals surface area contributed by atoms with Crippen molar-refractivity contribution in [2.24, 2.45) is 0 Å². The number of thioether (sulfide) groups is 1. The van der Waals surface area contributed by atoms with Gasteiger partial charge >= 0.3 is 0 Å². The van der Waals surface area contributed by atoms with Crippen LogP contribution in [0, 0.1) is 0 Å². The lowest BCUT2D eigenvalue weighted by atomic mass is 9.79. The minimum absolute atomic E-state index is 0.0721. The van der Waals surface area contributed by atoms with Gasteiger partial charge < -0.3 is 5.32 Å². The van der Waals surface area contributed by atoms with Gasteiger partial charge in [0.25, 0.3) is 17.1 Å². The van der Waals surface area contributed by atoms with Gasteiger partial charge in [-0.05, 0) is 69.6 Å². The first kappa shape index (κ1) is 22.8. The van der Waals surface area contributed by atoms with Crippen LogP contribution >= 0.6 is 11.8 Å². The minimum atomic E-state index is -0.388. The molecule has 0 unspecified atom stereocenters. The Morgan fingerprint density at radius 1 is 0.903 bits per heavy atom. The predicted octanol–water partition coefficient (Wildman–Crippen LogP) is 5.86. The molecule has 1 fully saturated rings. The summed E-state index contributed by atoms with van der Waals surface area (Å²) in [6.45, 7) is 12.8. The zero-order chi connectivity index (χ0) is 23.0. The van der Waals surface area contributed by atoms with E-state index in [-0.39, 0.29) is 27.9 Å². The van der Waals surface area contributed by atoms with Crippen LogP contribution in [-0.4, -0.2) is 17.1 Å². The molecule has 0 aliphatic carbocycles. The summed E-state index contributed by atoms with van der Waals surface area (Å²) in [6.07, 6.45) is 1.65. The number of amides is 3. The molecule has 2 N–H and O–H groups in total. The number of rotatable bonds is 3. The number of anilines is 1. The van der Waals surface area contributed by atoms with E-state index in [0.717, 1.165) is 28.5 Å². The molecule has 2 aromatic carbocycles. The topological polar surface area (TPSA) is 75.3 Å². The standard InChI is InChI=1S/C25H28N2O3S/c1-24(2,3)17-12-16(13-18(14-17)25(4,5)6)21(28)26-19-9-7-15(8-10-19)11-20-22(29)27-23(30)31-20/h7-14H,1-6H3,(H,26,28)(H,27,29,30)/b20-11-. The molecule has 1 heterocycles. The third-order valence-corrected chi connectivity index (χ3v) is 5.85. The molecule has 3 rings (SSSR count). The summed E-state index contributed by atoms with van der Waals surface area (Å²) in [5.41, 5.74) is 4.15. The summed E-state index contributed by atoms with van der Waals surface area (Å²) in [5, 5.41) is 4.82. The van der Waals surface area contributed by atoms with Crippen molar-refractivity contribution in [2.45, 2.75) is 52.4 Å². The van der Waals surface area contributed by atoms with Crippen LogP contribution in [0.1, 0.15) is 68.6 Å². The van der Waals surface area contributed by atoms with E-state index in [9.17, 15) is 14.4 Å². The van der Waals surface area contributed by atoms with Crippen LogP contribution in [0.25, 0.3) is 6.08 Å². The smallest absolute Gasteiger partial charge is 0.290 e.